The van der Waals surface area contributed by atoms with Crippen molar-refractivity contribution >= 4 is 22.4 Å². The van der Waals surface area contributed by atoms with E-state index < -0.39 is 5.91 Å². The summed E-state index contributed by atoms with van der Waals surface area (Å²) in [5.41, 5.74) is 0.516. The summed E-state index contributed by atoms with van der Waals surface area (Å²) in [6, 6.07) is 12.2. The van der Waals surface area contributed by atoms with Crippen molar-refractivity contribution in [2.45, 2.75) is 26.4 Å². The number of benzene rings is 2. The summed E-state index contributed by atoms with van der Waals surface area (Å²) < 4.78 is 5.43. The lowest BCUT2D eigenvalue weighted by atomic mass is 10.1. The highest BCUT2D eigenvalue weighted by Crippen LogP contribution is 2.29. The van der Waals surface area contributed by atoms with Crippen LogP contribution in [0.25, 0.3) is 10.8 Å². The third kappa shape index (κ3) is 5.23. The van der Waals surface area contributed by atoms with Gasteiger partial charge in [0.15, 0.2) is 0 Å². The third-order valence-electron chi connectivity index (χ3n) is 3.68. The van der Waals surface area contributed by atoms with Crippen LogP contribution in [0.2, 0.25) is 0 Å². The number of carbonyl (C=O) groups excluding carboxylic acids is 1. The van der Waals surface area contributed by atoms with Gasteiger partial charge in [0.2, 0.25) is 0 Å². The van der Waals surface area contributed by atoms with Crippen molar-refractivity contribution in [3.05, 3.63) is 48.2 Å². The van der Waals surface area contributed by atoms with Crippen molar-refractivity contribution in [3.63, 3.8) is 0 Å². The standard InChI is InChI=1S/C20H23N3O3/c1-14(2)26-11-5-10-22-13-15(12-21)20(25)23-18-8-3-7-17-16(18)6-4-9-19(17)24/h3-4,6-9,13-14,22,24H,5,10-11H2,1-2H3,(H,23,25)/b15-13-. The van der Waals surface area contributed by atoms with E-state index in [2.05, 4.69) is 10.6 Å². The van der Waals surface area contributed by atoms with Gasteiger partial charge < -0.3 is 20.5 Å². The van der Waals surface area contributed by atoms with E-state index in [0.29, 0.717) is 29.6 Å². The summed E-state index contributed by atoms with van der Waals surface area (Å²) in [6.07, 6.45) is 2.37. The number of phenols is 1. The fraction of sp³-hybridized carbons (Fsp3) is 0.300. The Morgan fingerprint density at radius 2 is 2.00 bits per heavy atom. The molecule has 3 N–H and O–H groups in total. The number of amides is 1. The van der Waals surface area contributed by atoms with Crippen LogP contribution in [-0.4, -0.2) is 30.3 Å². The summed E-state index contributed by atoms with van der Waals surface area (Å²) in [5.74, 6) is -0.366. The van der Waals surface area contributed by atoms with Gasteiger partial charge >= 0.3 is 0 Å². The Balaban J connectivity index is 2.00. The Labute approximate surface area is 153 Å². The highest BCUT2D eigenvalue weighted by Gasteiger charge is 2.11. The van der Waals surface area contributed by atoms with Gasteiger partial charge in [0.25, 0.3) is 5.91 Å². The molecule has 0 aliphatic heterocycles. The van der Waals surface area contributed by atoms with Crippen LogP contribution in [0.4, 0.5) is 5.69 Å². The summed E-state index contributed by atoms with van der Waals surface area (Å²) in [4.78, 5) is 12.4. The van der Waals surface area contributed by atoms with Crippen molar-refractivity contribution in [3.8, 4) is 11.8 Å². The number of nitrogens with zero attached hydrogens (tertiary/aromatic N) is 1. The highest BCUT2D eigenvalue weighted by atomic mass is 16.5. The number of aromatic hydroxyl groups is 1. The first kappa shape index (κ1) is 19.3. The van der Waals surface area contributed by atoms with Gasteiger partial charge in [0.1, 0.15) is 17.4 Å². The van der Waals surface area contributed by atoms with Crippen LogP contribution in [0.5, 0.6) is 5.75 Å². The number of hydrogen-bond acceptors (Lipinski definition) is 5. The molecule has 0 saturated carbocycles. The number of carbonyl (C=O) groups is 1. The largest absolute Gasteiger partial charge is 0.507 e. The van der Waals surface area contributed by atoms with Crippen LogP contribution in [0.1, 0.15) is 20.3 Å². The summed E-state index contributed by atoms with van der Waals surface area (Å²) in [5, 5.41) is 26.2. The van der Waals surface area contributed by atoms with Crippen LogP contribution >= 0.6 is 0 Å². The lowest BCUT2D eigenvalue weighted by Gasteiger charge is -2.10. The lowest BCUT2D eigenvalue weighted by Crippen LogP contribution is -2.18. The summed E-state index contributed by atoms with van der Waals surface area (Å²) in [7, 11) is 0. The molecule has 0 atom stereocenters. The van der Waals surface area contributed by atoms with Gasteiger partial charge in [-0.3, -0.25) is 4.79 Å². The average molecular weight is 353 g/mol. The minimum absolute atomic E-state index is 0.0214. The monoisotopic (exact) mass is 353 g/mol. The number of nitrogens with one attached hydrogen (secondary N) is 2. The van der Waals surface area contributed by atoms with Crippen molar-refractivity contribution in [2.75, 3.05) is 18.5 Å². The Kier molecular flexibility index (Phi) is 7.01. The molecule has 0 fully saturated rings. The molecule has 0 saturated heterocycles. The molecule has 2 aromatic rings. The Morgan fingerprint density at radius 3 is 2.73 bits per heavy atom. The maximum atomic E-state index is 12.4. The number of phenolic OH excluding ortho intramolecular Hbond substituents is 1. The molecule has 136 valence electrons. The quantitative estimate of drug-likeness (QED) is 0.384. The van der Waals surface area contributed by atoms with Crippen molar-refractivity contribution < 1.29 is 14.6 Å². The molecule has 6 nitrogen and oxygen atoms in total. The van der Waals surface area contributed by atoms with Crippen molar-refractivity contribution in [1.29, 1.82) is 5.26 Å². The zero-order valence-electron chi connectivity index (χ0n) is 15.0. The molecule has 1 amide bonds. The first-order chi connectivity index (χ1) is 12.5. The second kappa shape index (κ2) is 9.44. The van der Waals surface area contributed by atoms with E-state index in [0.717, 1.165) is 6.42 Å². The highest BCUT2D eigenvalue weighted by molar-refractivity contribution is 6.11. The molecule has 2 rings (SSSR count). The first-order valence-electron chi connectivity index (χ1n) is 8.50. The molecule has 0 aliphatic carbocycles. The number of fused-ring (bicyclic) bond motifs is 1. The molecule has 0 bridgehead atoms. The van der Waals surface area contributed by atoms with Crippen LogP contribution in [0, 0.1) is 11.3 Å². The van der Waals surface area contributed by atoms with Crippen LogP contribution in [0.15, 0.2) is 48.2 Å². The number of nitriles is 1. The lowest BCUT2D eigenvalue weighted by molar-refractivity contribution is -0.112. The van der Waals surface area contributed by atoms with Gasteiger partial charge in [-0.2, -0.15) is 5.26 Å². The Hall–Kier alpha value is -3.04. The average Bonchev–Trinajstić information content (AvgIpc) is 2.61. The van der Waals surface area contributed by atoms with E-state index in [-0.39, 0.29) is 17.4 Å². The molecule has 0 aliphatic rings. The van der Waals surface area contributed by atoms with Gasteiger partial charge in [-0.05, 0) is 32.4 Å². The predicted molar refractivity (Wildman–Crippen MR) is 102 cm³/mol. The predicted octanol–water partition coefficient (Wildman–Crippen LogP) is 3.30. The molecule has 26 heavy (non-hydrogen) atoms. The van der Waals surface area contributed by atoms with E-state index in [1.807, 2.05) is 19.9 Å². The maximum absolute atomic E-state index is 12.4. The van der Waals surface area contributed by atoms with Gasteiger partial charge in [0, 0.05) is 35.8 Å². The van der Waals surface area contributed by atoms with Crippen molar-refractivity contribution in [1.82, 2.24) is 5.32 Å². The second-order valence-corrected chi connectivity index (χ2v) is 6.03. The van der Waals surface area contributed by atoms with Gasteiger partial charge in [-0.1, -0.05) is 24.3 Å². The minimum atomic E-state index is -0.505. The van der Waals surface area contributed by atoms with Gasteiger partial charge in [0.05, 0.1) is 6.10 Å². The number of ether oxygens (including phenoxy) is 1. The molecular formula is C20H23N3O3. The van der Waals surface area contributed by atoms with Crippen LogP contribution in [0.3, 0.4) is 0 Å². The molecule has 2 aromatic carbocycles. The Morgan fingerprint density at radius 1 is 1.27 bits per heavy atom. The summed E-state index contributed by atoms with van der Waals surface area (Å²) >= 11 is 0. The summed E-state index contributed by atoms with van der Waals surface area (Å²) in [6.45, 7) is 5.16. The molecule has 0 unspecified atom stereocenters. The van der Waals surface area contributed by atoms with E-state index in [1.165, 1.54) is 6.20 Å². The van der Waals surface area contributed by atoms with Gasteiger partial charge in [-0.25, -0.2) is 0 Å². The van der Waals surface area contributed by atoms with E-state index in [1.54, 1.807) is 36.4 Å². The molecular weight excluding hydrogens is 330 g/mol. The SMILES string of the molecule is CC(C)OCCCN/C=C(/C#N)C(=O)Nc1cccc2c(O)cccc12. The zero-order valence-corrected chi connectivity index (χ0v) is 15.0. The van der Waals surface area contributed by atoms with Crippen molar-refractivity contribution in [2.24, 2.45) is 0 Å². The smallest absolute Gasteiger partial charge is 0.267 e. The van der Waals surface area contributed by atoms with Gasteiger partial charge in [-0.15, -0.1) is 0 Å². The molecule has 0 spiro atoms. The zero-order chi connectivity index (χ0) is 18.9. The fourth-order valence-corrected chi connectivity index (χ4v) is 2.41. The molecule has 0 aromatic heterocycles. The van der Waals surface area contributed by atoms with E-state index >= 15 is 0 Å². The number of rotatable bonds is 8. The van der Waals surface area contributed by atoms with Crippen LogP contribution < -0.4 is 10.6 Å². The minimum Gasteiger partial charge on any atom is -0.507 e. The van der Waals surface area contributed by atoms with Crippen LogP contribution in [-0.2, 0) is 9.53 Å². The number of hydrogen-bond donors (Lipinski definition) is 3. The fourth-order valence-electron chi connectivity index (χ4n) is 2.41. The topological polar surface area (TPSA) is 94.4 Å². The maximum Gasteiger partial charge on any atom is 0.267 e. The number of anilines is 1. The normalized spacial score (nSPS) is 11.4. The molecule has 0 heterocycles. The Bertz CT molecular complexity index is 838. The third-order valence-corrected chi connectivity index (χ3v) is 3.68. The molecule has 6 heteroatoms. The van der Waals surface area contributed by atoms with E-state index in [4.69, 9.17) is 4.74 Å². The second-order valence-electron chi connectivity index (χ2n) is 6.03. The molecule has 0 radical (unpaired) electrons. The first-order valence-corrected chi connectivity index (χ1v) is 8.50. The van der Waals surface area contributed by atoms with E-state index in [9.17, 15) is 15.2 Å².